The van der Waals surface area contributed by atoms with Crippen LogP contribution in [0, 0.1) is 0 Å². The van der Waals surface area contributed by atoms with E-state index < -0.39 is 0 Å². The van der Waals surface area contributed by atoms with Gasteiger partial charge in [-0.25, -0.2) is 0 Å². The maximum Gasteiger partial charge on any atom is 0.256 e. The minimum atomic E-state index is -0.0949. The maximum atomic E-state index is 10.2. The molecule has 1 aliphatic rings. The molecule has 4 N–H and O–H groups in total. The highest BCUT2D eigenvalue weighted by Crippen LogP contribution is 1.88. The fraction of sp³-hybridized carbons (Fsp3) is 0.250. The van der Waals surface area contributed by atoms with Crippen LogP contribution in [0.1, 0.15) is 6.42 Å². The first-order valence-electron chi connectivity index (χ1n) is 1.99. The zero-order valence-corrected chi connectivity index (χ0v) is 4.39. The third-order valence-electron chi connectivity index (χ3n) is 0.640. The molecular formula is C4H8N2O2. The molecule has 8 heavy (non-hydrogen) atoms. The maximum absolute atomic E-state index is 10.2. The predicted octanol–water partition coefficient (Wildman–Crippen LogP) is 0.114. The number of rotatable bonds is 0. The molecule has 0 aromatic carbocycles. The summed E-state index contributed by atoms with van der Waals surface area (Å²) in [6, 6.07) is 0. The Labute approximate surface area is 47.1 Å². The van der Waals surface area contributed by atoms with Crippen molar-refractivity contribution in [1.82, 2.24) is 11.6 Å². The Hall–Kier alpha value is -1.03. The van der Waals surface area contributed by atoms with Crippen molar-refractivity contribution in [1.29, 1.82) is 0 Å². The lowest BCUT2D eigenvalue weighted by molar-refractivity contribution is -0.130. The van der Waals surface area contributed by atoms with Crippen molar-refractivity contribution >= 4 is 5.91 Å². The fourth-order valence-corrected chi connectivity index (χ4v) is 0.345. The minimum Gasteiger partial charge on any atom is -0.388 e. The van der Waals surface area contributed by atoms with Gasteiger partial charge in [-0.05, 0) is 6.08 Å². The van der Waals surface area contributed by atoms with Crippen LogP contribution in [0.25, 0.3) is 0 Å². The van der Waals surface area contributed by atoms with Gasteiger partial charge in [0.2, 0.25) is 0 Å². The topological polar surface area (TPSA) is 73.3 Å². The molecule has 1 heterocycles. The monoisotopic (exact) mass is 116 g/mol. The van der Waals surface area contributed by atoms with Gasteiger partial charge in [0.1, 0.15) is 6.26 Å². The summed E-state index contributed by atoms with van der Waals surface area (Å²) in [6.45, 7) is 0. The standard InChI is InChI=1S/C4H5NO2.H3N/c6-4-2-1-3-7-5-4;/h1,3H,2H2,(H,5,6);1H3. The second-order valence-corrected chi connectivity index (χ2v) is 1.22. The second kappa shape index (κ2) is 3.04. The Morgan fingerprint density at radius 1 is 1.75 bits per heavy atom. The molecule has 1 aliphatic heterocycles. The number of nitrogens with one attached hydrogen (secondary N) is 1. The van der Waals surface area contributed by atoms with Crippen LogP contribution in [0.15, 0.2) is 12.3 Å². The lowest BCUT2D eigenvalue weighted by Gasteiger charge is -2.03. The molecule has 0 fully saturated rings. The SMILES string of the molecule is N.O=C1CC=CON1. The molecule has 0 bridgehead atoms. The summed E-state index contributed by atoms with van der Waals surface area (Å²) in [7, 11) is 0. The number of hydrogen-bond acceptors (Lipinski definition) is 3. The van der Waals surface area contributed by atoms with Crippen LogP contribution in [0.3, 0.4) is 0 Å². The molecule has 0 aromatic rings. The molecule has 0 aromatic heterocycles. The molecule has 4 heteroatoms. The van der Waals surface area contributed by atoms with Crippen molar-refractivity contribution in [3.05, 3.63) is 12.3 Å². The first-order valence-corrected chi connectivity index (χ1v) is 1.99. The van der Waals surface area contributed by atoms with Crippen molar-refractivity contribution in [3.63, 3.8) is 0 Å². The van der Waals surface area contributed by atoms with Crippen LogP contribution < -0.4 is 11.6 Å². The van der Waals surface area contributed by atoms with Gasteiger partial charge >= 0.3 is 0 Å². The molecule has 0 spiro atoms. The van der Waals surface area contributed by atoms with Gasteiger partial charge in [-0.3, -0.25) is 4.79 Å². The summed E-state index contributed by atoms with van der Waals surface area (Å²) >= 11 is 0. The lowest BCUT2D eigenvalue weighted by atomic mass is 10.4. The van der Waals surface area contributed by atoms with E-state index in [9.17, 15) is 4.79 Å². The van der Waals surface area contributed by atoms with Gasteiger partial charge in [0, 0.05) is 0 Å². The van der Waals surface area contributed by atoms with Crippen LogP contribution in [0.5, 0.6) is 0 Å². The summed E-state index contributed by atoms with van der Waals surface area (Å²) in [5.74, 6) is -0.0949. The van der Waals surface area contributed by atoms with E-state index in [1.54, 1.807) is 6.08 Å². The van der Waals surface area contributed by atoms with Crippen molar-refractivity contribution in [2.24, 2.45) is 0 Å². The summed E-state index contributed by atoms with van der Waals surface area (Å²) in [6.07, 6.45) is 3.53. The first kappa shape index (κ1) is 6.97. The number of hydrogen-bond donors (Lipinski definition) is 2. The number of carbonyl (C=O) groups excluding carboxylic acids is 1. The van der Waals surface area contributed by atoms with Crippen LogP contribution in [0.4, 0.5) is 0 Å². The number of amides is 1. The zero-order chi connectivity index (χ0) is 5.11. The number of carbonyl (C=O) groups is 1. The molecule has 0 radical (unpaired) electrons. The minimum absolute atomic E-state index is 0. The first-order chi connectivity index (χ1) is 3.39. The molecule has 0 unspecified atom stereocenters. The van der Waals surface area contributed by atoms with Gasteiger partial charge in [0.05, 0.1) is 6.42 Å². The highest BCUT2D eigenvalue weighted by Gasteiger charge is 1.98. The average Bonchev–Trinajstić information content (AvgIpc) is 1.69. The van der Waals surface area contributed by atoms with Crippen LogP contribution in [0.2, 0.25) is 0 Å². The smallest absolute Gasteiger partial charge is 0.256 e. The highest BCUT2D eigenvalue weighted by molar-refractivity contribution is 5.76. The Balaban J connectivity index is 0.000000490. The Morgan fingerprint density at radius 2 is 2.50 bits per heavy atom. The van der Waals surface area contributed by atoms with Gasteiger partial charge in [0.15, 0.2) is 0 Å². The third kappa shape index (κ3) is 1.61. The van der Waals surface area contributed by atoms with Crippen molar-refractivity contribution in [2.75, 3.05) is 0 Å². The molecule has 0 aliphatic carbocycles. The number of hydroxylamine groups is 1. The fourth-order valence-electron chi connectivity index (χ4n) is 0.345. The summed E-state index contributed by atoms with van der Waals surface area (Å²) in [5.41, 5.74) is 2.16. The van der Waals surface area contributed by atoms with Crippen LogP contribution >= 0.6 is 0 Å². The molecule has 0 saturated heterocycles. The zero-order valence-electron chi connectivity index (χ0n) is 4.39. The van der Waals surface area contributed by atoms with E-state index in [-0.39, 0.29) is 12.1 Å². The largest absolute Gasteiger partial charge is 0.388 e. The van der Waals surface area contributed by atoms with E-state index in [4.69, 9.17) is 0 Å². The van der Waals surface area contributed by atoms with Crippen LogP contribution in [-0.2, 0) is 9.63 Å². The van der Waals surface area contributed by atoms with E-state index in [0.717, 1.165) is 0 Å². The molecule has 0 saturated carbocycles. The van der Waals surface area contributed by atoms with Gasteiger partial charge in [-0.2, -0.15) is 5.48 Å². The van der Waals surface area contributed by atoms with E-state index in [0.29, 0.717) is 6.42 Å². The lowest BCUT2D eigenvalue weighted by Crippen LogP contribution is -2.22. The summed E-state index contributed by atoms with van der Waals surface area (Å²) < 4.78 is 0. The summed E-state index contributed by atoms with van der Waals surface area (Å²) in [4.78, 5) is 14.6. The van der Waals surface area contributed by atoms with Gasteiger partial charge in [-0.1, -0.05) is 0 Å². The molecule has 4 nitrogen and oxygen atoms in total. The molecule has 1 amide bonds. The molecule has 46 valence electrons. The Morgan fingerprint density at radius 3 is 2.75 bits per heavy atom. The van der Waals surface area contributed by atoms with E-state index in [2.05, 4.69) is 10.3 Å². The van der Waals surface area contributed by atoms with E-state index in [1.807, 2.05) is 0 Å². The summed E-state index contributed by atoms with van der Waals surface area (Å²) in [5, 5.41) is 0. The molecule has 0 atom stereocenters. The normalized spacial score (nSPS) is 15.8. The van der Waals surface area contributed by atoms with Gasteiger partial charge < -0.3 is 11.0 Å². The quantitative estimate of drug-likeness (QED) is 0.472. The Bertz CT molecular complexity index is 111. The molecular weight excluding hydrogens is 108 g/mol. The highest BCUT2D eigenvalue weighted by atomic mass is 16.6. The Kier molecular flexibility index (Phi) is 2.64. The van der Waals surface area contributed by atoms with Crippen molar-refractivity contribution < 1.29 is 9.63 Å². The van der Waals surface area contributed by atoms with E-state index >= 15 is 0 Å². The van der Waals surface area contributed by atoms with Crippen molar-refractivity contribution in [2.45, 2.75) is 6.42 Å². The molecule has 1 rings (SSSR count). The van der Waals surface area contributed by atoms with Gasteiger partial charge in [-0.15, -0.1) is 0 Å². The average molecular weight is 116 g/mol. The predicted molar refractivity (Wildman–Crippen MR) is 28.0 cm³/mol. The third-order valence-corrected chi connectivity index (χ3v) is 0.640. The van der Waals surface area contributed by atoms with Crippen LogP contribution in [-0.4, -0.2) is 5.91 Å². The second-order valence-electron chi connectivity index (χ2n) is 1.22. The van der Waals surface area contributed by atoms with Gasteiger partial charge in [0.25, 0.3) is 5.91 Å². The van der Waals surface area contributed by atoms with E-state index in [1.165, 1.54) is 6.26 Å². The van der Waals surface area contributed by atoms with Crippen molar-refractivity contribution in [3.8, 4) is 0 Å².